The molecule has 0 aliphatic rings. The van der Waals surface area contributed by atoms with Gasteiger partial charge >= 0.3 is 0 Å². The number of nitrogens with zero attached hydrogens (tertiary/aromatic N) is 6. The maximum Gasteiger partial charge on any atom is 0.256 e. The van der Waals surface area contributed by atoms with Crippen molar-refractivity contribution in [1.29, 1.82) is 0 Å². The Labute approximate surface area is 173 Å². The fourth-order valence-electron chi connectivity index (χ4n) is 3.22. The molecule has 0 spiro atoms. The van der Waals surface area contributed by atoms with Gasteiger partial charge in [0.1, 0.15) is 5.82 Å². The fourth-order valence-corrected chi connectivity index (χ4v) is 3.22. The Hall–Kier alpha value is -3.81. The molecule has 2 heterocycles. The number of rotatable bonds is 7. The van der Waals surface area contributed by atoms with Gasteiger partial charge in [0.25, 0.3) is 5.91 Å². The van der Waals surface area contributed by atoms with Gasteiger partial charge in [0.15, 0.2) is 0 Å². The number of hydrogen-bond acceptors (Lipinski definition) is 4. The summed E-state index contributed by atoms with van der Waals surface area (Å²) >= 11 is 0. The third-order valence-electron chi connectivity index (χ3n) is 4.81. The first-order valence-corrected chi connectivity index (χ1v) is 9.71. The minimum absolute atomic E-state index is 0.0802. The van der Waals surface area contributed by atoms with Crippen LogP contribution in [0, 0.1) is 5.82 Å². The van der Waals surface area contributed by atoms with Crippen LogP contribution in [0.4, 0.5) is 4.39 Å². The number of aromatic nitrogens is 5. The van der Waals surface area contributed by atoms with Gasteiger partial charge in [-0.25, -0.2) is 9.07 Å². The predicted octanol–water partition coefficient (Wildman–Crippen LogP) is 3.30. The molecule has 7 nitrogen and oxygen atoms in total. The number of para-hydroxylation sites is 1. The lowest BCUT2D eigenvalue weighted by Crippen LogP contribution is -2.33. The summed E-state index contributed by atoms with van der Waals surface area (Å²) in [5.41, 5.74) is 2.83. The second kappa shape index (κ2) is 8.69. The molecule has 2 aromatic carbocycles. The van der Waals surface area contributed by atoms with E-state index in [2.05, 4.69) is 15.3 Å². The highest BCUT2D eigenvalue weighted by Crippen LogP contribution is 2.16. The van der Waals surface area contributed by atoms with Gasteiger partial charge in [0, 0.05) is 25.7 Å². The van der Waals surface area contributed by atoms with Crippen molar-refractivity contribution in [2.24, 2.45) is 0 Å². The molecule has 0 saturated heterocycles. The monoisotopic (exact) mass is 404 g/mol. The molecule has 0 saturated carbocycles. The number of amides is 1. The first-order valence-electron chi connectivity index (χ1n) is 9.71. The minimum Gasteiger partial charge on any atom is -0.338 e. The average molecular weight is 404 g/mol. The van der Waals surface area contributed by atoms with Crippen molar-refractivity contribution in [2.75, 3.05) is 13.1 Å². The van der Waals surface area contributed by atoms with Crippen LogP contribution < -0.4 is 0 Å². The van der Waals surface area contributed by atoms with E-state index in [1.165, 1.54) is 16.9 Å². The van der Waals surface area contributed by atoms with Crippen LogP contribution in [0.5, 0.6) is 0 Å². The van der Waals surface area contributed by atoms with E-state index in [4.69, 9.17) is 0 Å². The van der Waals surface area contributed by atoms with Gasteiger partial charge in [-0.1, -0.05) is 12.1 Å². The number of likely N-dealkylation sites (N-methyl/N-ethyl adjacent to an activating group) is 1. The zero-order valence-corrected chi connectivity index (χ0v) is 16.5. The van der Waals surface area contributed by atoms with Gasteiger partial charge in [0.05, 0.1) is 35.0 Å². The lowest BCUT2D eigenvalue weighted by Gasteiger charge is -2.21. The molecule has 0 N–H and O–H groups in total. The fraction of sp³-hybridized carbons (Fsp3) is 0.182. The maximum atomic E-state index is 13.2. The summed E-state index contributed by atoms with van der Waals surface area (Å²) < 4.78 is 14.8. The SMILES string of the molecule is CCN(CCc1ccn(-c2ccc(F)cc2)n1)C(=O)c1ccccc1-n1nccn1. The third-order valence-corrected chi connectivity index (χ3v) is 4.81. The number of carbonyl (C=O) groups is 1. The van der Waals surface area contributed by atoms with Gasteiger partial charge in [0.2, 0.25) is 0 Å². The molecule has 0 bridgehead atoms. The van der Waals surface area contributed by atoms with E-state index in [-0.39, 0.29) is 11.7 Å². The maximum absolute atomic E-state index is 13.2. The predicted molar refractivity (Wildman–Crippen MR) is 110 cm³/mol. The summed E-state index contributed by atoms with van der Waals surface area (Å²) in [4.78, 5) is 16.4. The van der Waals surface area contributed by atoms with Crippen molar-refractivity contribution >= 4 is 5.91 Å². The lowest BCUT2D eigenvalue weighted by molar-refractivity contribution is 0.0765. The van der Waals surface area contributed by atoms with Crippen LogP contribution in [-0.2, 0) is 6.42 Å². The molecule has 0 unspecified atom stereocenters. The molecule has 0 atom stereocenters. The molecule has 30 heavy (non-hydrogen) atoms. The van der Waals surface area contributed by atoms with Crippen molar-refractivity contribution in [3.05, 3.63) is 90.3 Å². The summed E-state index contributed by atoms with van der Waals surface area (Å²) in [6.07, 6.45) is 5.60. The molecule has 2 aromatic heterocycles. The largest absolute Gasteiger partial charge is 0.338 e. The van der Waals surface area contributed by atoms with Crippen LogP contribution in [0.25, 0.3) is 11.4 Å². The topological polar surface area (TPSA) is 68.8 Å². The Morgan fingerprint density at radius 3 is 2.50 bits per heavy atom. The van der Waals surface area contributed by atoms with E-state index in [1.807, 2.05) is 37.4 Å². The Balaban J connectivity index is 1.47. The van der Waals surface area contributed by atoms with Crippen LogP contribution in [-0.4, -0.2) is 48.7 Å². The first kappa shape index (κ1) is 19.5. The minimum atomic E-state index is -0.283. The van der Waals surface area contributed by atoms with Gasteiger partial charge in [-0.2, -0.15) is 20.1 Å². The third kappa shape index (κ3) is 4.12. The Bertz CT molecular complexity index is 1120. The van der Waals surface area contributed by atoms with Crippen LogP contribution in [0.3, 0.4) is 0 Å². The number of halogens is 1. The zero-order valence-electron chi connectivity index (χ0n) is 16.5. The molecular weight excluding hydrogens is 383 g/mol. The van der Waals surface area contributed by atoms with Crippen molar-refractivity contribution in [1.82, 2.24) is 29.7 Å². The van der Waals surface area contributed by atoms with Crippen LogP contribution in [0.15, 0.2) is 73.2 Å². The Morgan fingerprint density at radius 1 is 1.03 bits per heavy atom. The molecule has 0 radical (unpaired) electrons. The quantitative estimate of drug-likeness (QED) is 0.474. The summed E-state index contributed by atoms with van der Waals surface area (Å²) in [6, 6.07) is 15.4. The molecule has 152 valence electrons. The zero-order chi connectivity index (χ0) is 20.9. The van der Waals surface area contributed by atoms with Gasteiger partial charge in [-0.3, -0.25) is 4.79 Å². The molecule has 1 amide bonds. The molecule has 0 fully saturated rings. The average Bonchev–Trinajstić information content (AvgIpc) is 3.47. The van der Waals surface area contributed by atoms with Crippen molar-refractivity contribution < 1.29 is 9.18 Å². The van der Waals surface area contributed by atoms with Crippen molar-refractivity contribution in [2.45, 2.75) is 13.3 Å². The van der Waals surface area contributed by atoms with Gasteiger partial charge in [-0.15, -0.1) is 0 Å². The number of carbonyl (C=O) groups excluding carboxylic acids is 1. The molecule has 0 aliphatic heterocycles. The van der Waals surface area contributed by atoms with E-state index in [0.717, 1.165) is 11.4 Å². The van der Waals surface area contributed by atoms with E-state index in [0.29, 0.717) is 30.8 Å². The molecule has 0 aliphatic carbocycles. The van der Waals surface area contributed by atoms with E-state index in [1.54, 1.807) is 40.2 Å². The second-order valence-electron chi connectivity index (χ2n) is 6.70. The Kier molecular flexibility index (Phi) is 5.65. The van der Waals surface area contributed by atoms with Crippen LogP contribution in [0.1, 0.15) is 23.0 Å². The van der Waals surface area contributed by atoms with Crippen molar-refractivity contribution in [3.8, 4) is 11.4 Å². The normalized spacial score (nSPS) is 10.9. The second-order valence-corrected chi connectivity index (χ2v) is 6.70. The van der Waals surface area contributed by atoms with E-state index < -0.39 is 0 Å². The molecular formula is C22H21FN6O. The number of benzene rings is 2. The van der Waals surface area contributed by atoms with Crippen LogP contribution >= 0.6 is 0 Å². The summed E-state index contributed by atoms with van der Waals surface area (Å²) in [5, 5.41) is 12.8. The standard InChI is InChI=1S/C22H21FN6O/c1-2-27(22(30)20-5-3-4-6-21(20)29-24-13-14-25-29)15-11-18-12-16-28(26-18)19-9-7-17(23)8-10-19/h3-10,12-14,16H,2,11,15H2,1H3. The first-order chi connectivity index (χ1) is 14.7. The summed E-state index contributed by atoms with van der Waals surface area (Å²) in [5.74, 6) is -0.364. The van der Waals surface area contributed by atoms with Crippen LogP contribution in [0.2, 0.25) is 0 Å². The van der Waals surface area contributed by atoms with E-state index >= 15 is 0 Å². The molecule has 4 rings (SSSR count). The lowest BCUT2D eigenvalue weighted by atomic mass is 10.1. The van der Waals surface area contributed by atoms with Gasteiger partial charge in [-0.05, 0) is 49.4 Å². The number of hydrogen-bond donors (Lipinski definition) is 0. The summed E-state index contributed by atoms with van der Waals surface area (Å²) in [7, 11) is 0. The van der Waals surface area contributed by atoms with Gasteiger partial charge < -0.3 is 4.90 Å². The highest BCUT2D eigenvalue weighted by Gasteiger charge is 2.19. The molecule has 4 aromatic rings. The smallest absolute Gasteiger partial charge is 0.256 e. The highest BCUT2D eigenvalue weighted by atomic mass is 19.1. The molecule has 8 heteroatoms. The van der Waals surface area contributed by atoms with E-state index in [9.17, 15) is 9.18 Å². The Morgan fingerprint density at radius 2 is 1.77 bits per heavy atom. The highest BCUT2D eigenvalue weighted by molar-refractivity contribution is 5.97. The van der Waals surface area contributed by atoms with Crippen molar-refractivity contribution in [3.63, 3.8) is 0 Å². The summed E-state index contributed by atoms with van der Waals surface area (Å²) in [6.45, 7) is 3.04.